The van der Waals surface area contributed by atoms with E-state index in [0.29, 0.717) is 25.7 Å². The SMILES string of the molecule is CCC(CC)[C@@H](C(=O)N(C)[C@@H](CC(=O)O)C(=O)N(C)C)N(C)C(=O)C1(N(C)C(=O)[C@@H]2C[C@@H](OC(C)C)CN2C(=O)OCC2c3ccccc3-c3ccccc32)CC(C)(C)C1. The summed E-state index contributed by atoms with van der Waals surface area (Å²) < 4.78 is 12.2. The predicted octanol–water partition coefficient (Wildman–Crippen LogP) is 5.47. The van der Waals surface area contributed by atoms with Crippen molar-refractivity contribution in [1.29, 1.82) is 0 Å². The van der Waals surface area contributed by atoms with E-state index in [9.17, 15) is 29.1 Å². The van der Waals surface area contributed by atoms with E-state index in [4.69, 9.17) is 9.47 Å². The van der Waals surface area contributed by atoms with E-state index in [0.717, 1.165) is 27.2 Å². The highest BCUT2D eigenvalue weighted by molar-refractivity contribution is 5.98. The normalized spacial score (nSPS) is 19.8. The molecule has 14 heteroatoms. The van der Waals surface area contributed by atoms with E-state index in [2.05, 4.69) is 12.1 Å². The average Bonchev–Trinajstić information content (AvgIpc) is 3.76. The zero-order chi connectivity index (χ0) is 44.4. The Morgan fingerprint density at radius 1 is 0.833 bits per heavy atom. The standard InChI is InChI=1S/C46H65N5O9/c1-12-29(13-2)39(42(56)48(9)36(23-38(52)53)40(54)47(7)8)49(10)43(57)46(26-45(5,6)27-46)50(11)41(55)37-22-30(60-28(3)4)24-51(37)44(58)59-25-35-33-20-16-14-18-31(33)32-19-15-17-21-34(32)35/h14-21,28-30,35-37,39H,12-13,22-27H2,1-11H3,(H,52,53)/t30-,36+,37+,39+/m1/s1. The van der Waals surface area contributed by atoms with Gasteiger partial charge in [-0.15, -0.1) is 0 Å². The number of carboxylic acid groups (broad SMARTS) is 1. The summed E-state index contributed by atoms with van der Waals surface area (Å²) in [6, 6.07) is 12.8. The van der Waals surface area contributed by atoms with Gasteiger partial charge in [0, 0.05) is 47.6 Å². The molecule has 0 aromatic heterocycles. The van der Waals surface area contributed by atoms with Crippen LogP contribution in [0.25, 0.3) is 11.1 Å². The van der Waals surface area contributed by atoms with Gasteiger partial charge in [0.05, 0.1) is 25.2 Å². The number of fused-ring (bicyclic) bond motifs is 3. The molecule has 1 heterocycles. The molecule has 2 fully saturated rings. The quantitative estimate of drug-likeness (QED) is 0.232. The van der Waals surface area contributed by atoms with E-state index >= 15 is 4.79 Å². The maximum atomic E-state index is 15.1. The van der Waals surface area contributed by atoms with Gasteiger partial charge in [0.2, 0.25) is 23.6 Å². The average molecular weight is 832 g/mol. The predicted molar refractivity (Wildman–Crippen MR) is 227 cm³/mol. The molecule has 2 aromatic rings. The molecule has 3 aliphatic rings. The summed E-state index contributed by atoms with van der Waals surface area (Å²) in [5, 5.41) is 9.69. The molecular weight excluding hydrogens is 767 g/mol. The summed E-state index contributed by atoms with van der Waals surface area (Å²) in [4.78, 5) is 90.5. The number of likely N-dealkylation sites (N-methyl/N-ethyl adjacent to an activating group) is 4. The molecule has 2 aliphatic carbocycles. The lowest BCUT2D eigenvalue weighted by Gasteiger charge is -2.58. The molecule has 328 valence electrons. The van der Waals surface area contributed by atoms with Crippen LogP contribution < -0.4 is 0 Å². The highest BCUT2D eigenvalue weighted by atomic mass is 16.6. The van der Waals surface area contributed by atoms with Crippen molar-refractivity contribution < 1.29 is 43.3 Å². The number of hydrogen-bond donors (Lipinski definition) is 1. The number of carboxylic acids is 1. The Morgan fingerprint density at radius 3 is 1.87 bits per heavy atom. The second-order valence-electron chi connectivity index (χ2n) is 18.2. The molecule has 0 spiro atoms. The Kier molecular flexibility index (Phi) is 14.1. The van der Waals surface area contributed by atoms with Crippen molar-refractivity contribution in [2.24, 2.45) is 11.3 Å². The lowest BCUT2D eigenvalue weighted by atomic mass is 9.57. The molecule has 5 rings (SSSR count). The number of hydrogen-bond acceptors (Lipinski definition) is 8. The number of amides is 5. The van der Waals surface area contributed by atoms with Gasteiger partial charge in [-0.1, -0.05) is 89.1 Å². The maximum Gasteiger partial charge on any atom is 0.410 e. The van der Waals surface area contributed by atoms with E-state index in [-0.39, 0.29) is 42.9 Å². The van der Waals surface area contributed by atoms with Gasteiger partial charge in [0.25, 0.3) is 0 Å². The van der Waals surface area contributed by atoms with Gasteiger partial charge in [-0.05, 0) is 60.3 Å². The lowest BCUT2D eigenvalue weighted by Crippen LogP contribution is -2.71. The maximum absolute atomic E-state index is 15.1. The Labute approximate surface area is 355 Å². The van der Waals surface area contributed by atoms with Gasteiger partial charge in [0.15, 0.2) is 0 Å². The molecule has 1 saturated heterocycles. The zero-order valence-corrected chi connectivity index (χ0v) is 37.3. The van der Waals surface area contributed by atoms with Crippen molar-refractivity contribution in [3.63, 3.8) is 0 Å². The fourth-order valence-electron chi connectivity index (χ4n) is 9.98. The largest absolute Gasteiger partial charge is 0.481 e. The van der Waals surface area contributed by atoms with Crippen LogP contribution in [-0.2, 0) is 33.4 Å². The summed E-state index contributed by atoms with van der Waals surface area (Å²) in [5.74, 6) is -3.74. The molecule has 60 heavy (non-hydrogen) atoms. The molecule has 2 aromatic carbocycles. The van der Waals surface area contributed by atoms with Gasteiger partial charge in [0.1, 0.15) is 30.3 Å². The van der Waals surface area contributed by atoms with Crippen molar-refractivity contribution in [2.45, 2.75) is 122 Å². The third-order valence-corrected chi connectivity index (χ3v) is 12.9. The van der Waals surface area contributed by atoms with Crippen molar-refractivity contribution in [1.82, 2.24) is 24.5 Å². The lowest BCUT2D eigenvalue weighted by molar-refractivity contribution is -0.174. The molecule has 0 unspecified atom stereocenters. The zero-order valence-electron chi connectivity index (χ0n) is 37.3. The van der Waals surface area contributed by atoms with Crippen LogP contribution in [0.5, 0.6) is 0 Å². The Balaban J connectivity index is 1.43. The molecule has 0 bridgehead atoms. The third-order valence-electron chi connectivity index (χ3n) is 12.9. The van der Waals surface area contributed by atoms with Crippen LogP contribution in [0, 0.1) is 11.3 Å². The van der Waals surface area contributed by atoms with Gasteiger partial charge in [-0.3, -0.25) is 28.9 Å². The number of benzene rings is 2. The van der Waals surface area contributed by atoms with Gasteiger partial charge < -0.3 is 34.2 Å². The first-order valence-corrected chi connectivity index (χ1v) is 21.2. The number of ether oxygens (including phenoxy) is 2. The summed E-state index contributed by atoms with van der Waals surface area (Å²) in [7, 11) is 7.53. The van der Waals surface area contributed by atoms with Crippen molar-refractivity contribution in [3.8, 4) is 11.1 Å². The summed E-state index contributed by atoms with van der Waals surface area (Å²) in [6.07, 6.45) is -0.0151. The number of rotatable bonds is 16. The van der Waals surface area contributed by atoms with Crippen LogP contribution in [0.2, 0.25) is 0 Å². The first-order valence-electron chi connectivity index (χ1n) is 21.2. The van der Waals surface area contributed by atoms with E-state index < -0.39 is 71.9 Å². The van der Waals surface area contributed by atoms with Crippen LogP contribution in [0.3, 0.4) is 0 Å². The first kappa shape index (κ1) is 46.1. The highest BCUT2D eigenvalue weighted by Gasteiger charge is 2.61. The number of aliphatic carboxylic acids is 1. The second-order valence-corrected chi connectivity index (χ2v) is 18.2. The minimum atomic E-state index is -1.36. The van der Waals surface area contributed by atoms with Gasteiger partial charge in [-0.25, -0.2) is 4.79 Å². The Bertz CT molecular complexity index is 1890. The Morgan fingerprint density at radius 2 is 1.38 bits per heavy atom. The van der Waals surface area contributed by atoms with Crippen LogP contribution in [0.15, 0.2) is 48.5 Å². The minimum absolute atomic E-state index is 0.0740. The molecular formula is C46H65N5O9. The van der Waals surface area contributed by atoms with Gasteiger partial charge >= 0.3 is 12.1 Å². The smallest absolute Gasteiger partial charge is 0.410 e. The number of likely N-dealkylation sites (tertiary alicyclic amines) is 1. The van der Waals surface area contributed by atoms with Crippen LogP contribution in [0.4, 0.5) is 4.79 Å². The fourth-order valence-corrected chi connectivity index (χ4v) is 9.98. The topological polar surface area (TPSA) is 157 Å². The molecule has 14 nitrogen and oxygen atoms in total. The number of carbonyl (C=O) groups is 6. The monoisotopic (exact) mass is 831 g/mol. The highest BCUT2D eigenvalue weighted by Crippen LogP contribution is 2.52. The summed E-state index contributed by atoms with van der Waals surface area (Å²) >= 11 is 0. The first-order chi connectivity index (χ1) is 28.2. The van der Waals surface area contributed by atoms with Crippen molar-refractivity contribution in [3.05, 3.63) is 59.7 Å². The van der Waals surface area contributed by atoms with Crippen LogP contribution in [-0.4, -0.2) is 150 Å². The fraction of sp³-hybridized carbons (Fsp3) is 0.609. The number of nitrogens with zero attached hydrogens (tertiary/aromatic N) is 5. The minimum Gasteiger partial charge on any atom is -0.481 e. The second kappa shape index (κ2) is 18.3. The van der Waals surface area contributed by atoms with E-state index in [1.807, 2.05) is 77.9 Å². The number of carbonyl (C=O) groups excluding carboxylic acids is 5. The summed E-state index contributed by atoms with van der Waals surface area (Å²) in [5.41, 5.74) is 2.64. The third kappa shape index (κ3) is 9.03. The van der Waals surface area contributed by atoms with Crippen molar-refractivity contribution in [2.75, 3.05) is 48.4 Å². The summed E-state index contributed by atoms with van der Waals surface area (Å²) in [6.45, 7) is 11.9. The van der Waals surface area contributed by atoms with Crippen LogP contribution in [0.1, 0.15) is 97.1 Å². The molecule has 1 N–H and O–H groups in total. The van der Waals surface area contributed by atoms with E-state index in [1.54, 1.807) is 14.1 Å². The molecule has 5 amide bonds. The Hall–Kier alpha value is -4.98. The molecule has 1 aliphatic heterocycles. The van der Waals surface area contributed by atoms with Crippen LogP contribution >= 0.6 is 0 Å². The molecule has 0 radical (unpaired) electrons. The molecule has 4 atom stereocenters. The molecule has 1 saturated carbocycles. The van der Waals surface area contributed by atoms with Crippen molar-refractivity contribution >= 4 is 35.7 Å². The van der Waals surface area contributed by atoms with E-state index in [1.165, 1.54) is 40.7 Å². The van der Waals surface area contributed by atoms with Gasteiger partial charge in [-0.2, -0.15) is 0 Å².